The summed E-state index contributed by atoms with van der Waals surface area (Å²) in [7, 11) is -2.08. The number of hydrogen-bond acceptors (Lipinski definition) is 7. The third-order valence-corrected chi connectivity index (χ3v) is 10.6. The van der Waals surface area contributed by atoms with E-state index in [1.54, 1.807) is 42.7 Å². The largest absolute Gasteiger partial charge is 0.497 e. The number of fused-ring (bicyclic) bond motifs is 1. The number of carbonyl (C=O) groups excluding carboxylic acids is 1. The number of aryl methyl sites for hydroxylation is 2. The van der Waals surface area contributed by atoms with Crippen molar-refractivity contribution in [2.75, 3.05) is 51.3 Å². The monoisotopic (exact) mass is 558 g/mol. The minimum atomic E-state index is -3.63. The van der Waals surface area contributed by atoms with Crippen LogP contribution >= 0.6 is 11.3 Å². The van der Waals surface area contributed by atoms with Crippen LogP contribution in [0.15, 0.2) is 41.3 Å². The van der Waals surface area contributed by atoms with E-state index in [1.165, 1.54) is 9.87 Å². The summed E-state index contributed by atoms with van der Waals surface area (Å²) in [5.74, 6) is 0.397. The van der Waals surface area contributed by atoms with Crippen LogP contribution in [0.1, 0.15) is 37.8 Å². The van der Waals surface area contributed by atoms with Gasteiger partial charge in [0.25, 0.3) is 0 Å². The smallest absolute Gasteiger partial charge is 0.243 e. The lowest BCUT2D eigenvalue weighted by atomic mass is 9.96. The molecule has 1 amide bonds. The molecule has 0 radical (unpaired) electrons. The van der Waals surface area contributed by atoms with Gasteiger partial charge >= 0.3 is 0 Å². The average molecular weight is 559 g/mol. The van der Waals surface area contributed by atoms with Crippen molar-refractivity contribution in [3.63, 3.8) is 0 Å². The highest BCUT2D eigenvalue weighted by Crippen LogP contribution is 2.34. The highest BCUT2D eigenvalue weighted by atomic mass is 32.2. The summed E-state index contributed by atoms with van der Waals surface area (Å²) in [4.78, 5) is 23.2. The molecule has 1 aliphatic rings. The van der Waals surface area contributed by atoms with E-state index < -0.39 is 10.0 Å². The first-order valence-corrected chi connectivity index (χ1v) is 15.5. The highest BCUT2D eigenvalue weighted by Gasteiger charge is 2.35. The van der Waals surface area contributed by atoms with E-state index in [0.717, 1.165) is 40.5 Å². The van der Waals surface area contributed by atoms with Crippen LogP contribution in [-0.2, 0) is 14.8 Å². The number of likely N-dealkylation sites (N-methyl/N-ethyl adjacent to an activating group) is 1. The number of nitrogens with zero attached hydrogens (tertiary/aromatic N) is 4. The van der Waals surface area contributed by atoms with Gasteiger partial charge in [-0.15, -0.1) is 0 Å². The van der Waals surface area contributed by atoms with Crippen molar-refractivity contribution in [1.29, 1.82) is 0 Å². The number of piperidine rings is 1. The summed E-state index contributed by atoms with van der Waals surface area (Å²) in [6.45, 7) is 12.2. The number of aromatic nitrogens is 1. The summed E-state index contributed by atoms with van der Waals surface area (Å²) in [6, 6.07) is 10.6. The van der Waals surface area contributed by atoms with E-state index in [-0.39, 0.29) is 16.7 Å². The quantitative estimate of drug-likeness (QED) is 0.359. The molecule has 1 saturated heterocycles. The topological polar surface area (TPSA) is 83.0 Å². The van der Waals surface area contributed by atoms with Gasteiger partial charge in [-0.25, -0.2) is 13.4 Å². The maximum absolute atomic E-state index is 13.9. The first-order chi connectivity index (χ1) is 18.2. The van der Waals surface area contributed by atoms with Crippen LogP contribution < -0.4 is 9.64 Å². The number of ether oxygens (including phenoxy) is 1. The molecule has 0 bridgehead atoms. The average Bonchev–Trinajstić information content (AvgIpc) is 3.38. The molecule has 0 atom stereocenters. The summed E-state index contributed by atoms with van der Waals surface area (Å²) in [6.07, 6.45) is 0.970. The second-order valence-electron chi connectivity index (χ2n) is 9.72. The zero-order valence-electron chi connectivity index (χ0n) is 22.9. The Morgan fingerprint density at radius 3 is 2.32 bits per heavy atom. The molecule has 1 fully saturated rings. The predicted octanol–water partition coefficient (Wildman–Crippen LogP) is 4.70. The van der Waals surface area contributed by atoms with Crippen molar-refractivity contribution in [3.05, 3.63) is 47.5 Å². The number of amides is 1. The van der Waals surface area contributed by atoms with E-state index in [4.69, 9.17) is 9.72 Å². The van der Waals surface area contributed by atoms with Gasteiger partial charge in [0.15, 0.2) is 5.13 Å². The molecule has 10 heteroatoms. The first kappa shape index (κ1) is 28.5. The van der Waals surface area contributed by atoms with E-state index in [0.29, 0.717) is 38.2 Å². The zero-order valence-corrected chi connectivity index (χ0v) is 24.6. The molecule has 2 heterocycles. The van der Waals surface area contributed by atoms with Gasteiger partial charge in [0, 0.05) is 32.1 Å². The van der Waals surface area contributed by atoms with Crippen LogP contribution in [0.2, 0.25) is 0 Å². The molecule has 206 valence electrons. The molecule has 0 unspecified atom stereocenters. The van der Waals surface area contributed by atoms with Crippen LogP contribution in [-0.4, -0.2) is 74.9 Å². The van der Waals surface area contributed by atoms with E-state index in [9.17, 15) is 13.2 Å². The number of anilines is 1. The Hall–Kier alpha value is -2.53. The summed E-state index contributed by atoms with van der Waals surface area (Å²) in [5.41, 5.74) is 3.27. The molecule has 0 saturated carbocycles. The fraction of sp³-hybridized carbons (Fsp3) is 0.500. The summed E-state index contributed by atoms with van der Waals surface area (Å²) in [5, 5.41) is 0.721. The molecule has 1 aliphatic heterocycles. The molecular formula is C28H38N4O4S2. The van der Waals surface area contributed by atoms with Gasteiger partial charge in [0.05, 0.1) is 22.2 Å². The molecule has 4 rings (SSSR count). The fourth-order valence-corrected chi connectivity index (χ4v) is 7.40. The maximum atomic E-state index is 13.9. The van der Waals surface area contributed by atoms with Crippen LogP contribution in [0.3, 0.4) is 0 Å². The fourth-order valence-electron chi connectivity index (χ4n) is 4.87. The molecule has 8 nitrogen and oxygen atoms in total. The van der Waals surface area contributed by atoms with Gasteiger partial charge in [0.1, 0.15) is 5.75 Å². The Balaban J connectivity index is 1.52. The van der Waals surface area contributed by atoms with E-state index in [2.05, 4.69) is 44.7 Å². The molecule has 1 aromatic heterocycles. The number of thiazole rings is 1. The lowest BCUT2D eigenvalue weighted by Gasteiger charge is -2.33. The summed E-state index contributed by atoms with van der Waals surface area (Å²) < 4.78 is 34.1. The number of hydrogen-bond donors (Lipinski definition) is 0. The van der Waals surface area contributed by atoms with Gasteiger partial charge in [-0.1, -0.05) is 31.3 Å². The second kappa shape index (κ2) is 12.1. The van der Waals surface area contributed by atoms with Crippen LogP contribution in [0.5, 0.6) is 5.75 Å². The number of methoxy groups -OCH3 is 1. The second-order valence-corrected chi connectivity index (χ2v) is 12.7. The van der Waals surface area contributed by atoms with Gasteiger partial charge in [-0.2, -0.15) is 4.31 Å². The summed E-state index contributed by atoms with van der Waals surface area (Å²) >= 11 is 1.55. The number of rotatable bonds is 10. The molecule has 3 aromatic rings. The van der Waals surface area contributed by atoms with Crippen LogP contribution in [0, 0.1) is 19.8 Å². The normalized spacial score (nSPS) is 15.3. The lowest BCUT2D eigenvalue weighted by molar-refractivity contribution is -0.123. The molecular weight excluding hydrogens is 520 g/mol. The SMILES string of the molecule is CCN(CC)CCN(C(=O)C1CCN(S(=O)(=O)c2ccc(OC)cc2)CC1)c1nc2c(C)c(C)ccc2s1. The first-order valence-electron chi connectivity index (χ1n) is 13.2. The van der Waals surface area contributed by atoms with Crippen molar-refractivity contribution in [3.8, 4) is 5.75 Å². The van der Waals surface area contributed by atoms with Gasteiger partial charge in [-0.3, -0.25) is 9.69 Å². The molecule has 0 N–H and O–H groups in total. The van der Waals surface area contributed by atoms with Crippen LogP contribution in [0.25, 0.3) is 10.2 Å². The van der Waals surface area contributed by atoms with Gasteiger partial charge in [0.2, 0.25) is 15.9 Å². The van der Waals surface area contributed by atoms with Crippen molar-refractivity contribution in [2.24, 2.45) is 5.92 Å². The molecule has 0 spiro atoms. The highest BCUT2D eigenvalue weighted by molar-refractivity contribution is 7.89. The van der Waals surface area contributed by atoms with Gasteiger partial charge in [-0.05, 0) is 81.2 Å². The van der Waals surface area contributed by atoms with Crippen molar-refractivity contribution < 1.29 is 17.9 Å². The zero-order chi connectivity index (χ0) is 27.4. The Bertz CT molecular complexity index is 1360. The Morgan fingerprint density at radius 1 is 1.05 bits per heavy atom. The minimum Gasteiger partial charge on any atom is -0.497 e. The molecule has 0 aliphatic carbocycles. The third kappa shape index (κ3) is 5.88. The molecule has 38 heavy (non-hydrogen) atoms. The van der Waals surface area contributed by atoms with Crippen LogP contribution in [0.4, 0.5) is 5.13 Å². The standard InChI is InChI=1S/C28H38N4O4S2/c1-6-30(7-2)18-19-32(28-29-26-21(4)20(3)8-13-25(26)37-28)27(33)22-14-16-31(17-15-22)38(34,35)24-11-9-23(36-5)10-12-24/h8-13,22H,6-7,14-19H2,1-5H3. The number of benzene rings is 2. The number of sulfonamides is 1. The van der Waals surface area contributed by atoms with Gasteiger partial charge < -0.3 is 9.64 Å². The Labute approximate surface area is 230 Å². The predicted molar refractivity (Wildman–Crippen MR) is 154 cm³/mol. The lowest BCUT2D eigenvalue weighted by Crippen LogP contribution is -2.46. The maximum Gasteiger partial charge on any atom is 0.243 e. The number of carbonyl (C=O) groups is 1. The Morgan fingerprint density at radius 2 is 1.71 bits per heavy atom. The van der Waals surface area contributed by atoms with E-state index in [1.807, 2.05) is 4.90 Å². The van der Waals surface area contributed by atoms with Crippen molar-refractivity contribution in [1.82, 2.24) is 14.2 Å². The third-order valence-electron chi connectivity index (χ3n) is 7.61. The van der Waals surface area contributed by atoms with E-state index >= 15 is 0 Å². The minimum absolute atomic E-state index is 0.0343. The van der Waals surface area contributed by atoms with Crippen molar-refractivity contribution in [2.45, 2.75) is 45.4 Å². The molecule has 2 aromatic carbocycles. The Kier molecular flexibility index (Phi) is 9.07. The van der Waals surface area contributed by atoms with Crippen molar-refractivity contribution >= 4 is 42.6 Å².